The van der Waals surface area contributed by atoms with E-state index in [2.05, 4.69) is 29.6 Å². The minimum atomic E-state index is -0.836. The van der Waals surface area contributed by atoms with Crippen LogP contribution >= 0.6 is 0 Å². The van der Waals surface area contributed by atoms with Gasteiger partial charge in [0, 0.05) is 12.5 Å². The van der Waals surface area contributed by atoms with E-state index in [1.165, 1.54) is 22.3 Å². The van der Waals surface area contributed by atoms with E-state index in [9.17, 15) is 14.7 Å². The number of fused-ring (bicyclic) bond motifs is 2. The molecule has 31 heavy (non-hydrogen) atoms. The van der Waals surface area contributed by atoms with Crippen LogP contribution in [0.3, 0.4) is 0 Å². The molecule has 162 valence electrons. The van der Waals surface area contributed by atoms with E-state index in [0.29, 0.717) is 6.54 Å². The molecule has 2 bridgehead atoms. The number of amides is 1. The second-order valence-electron chi connectivity index (χ2n) is 9.09. The molecule has 0 spiro atoms. The third kappa shape index (κ3) is 4.16. The monoisotopic (exact) mass is 417 g/mol. The average Bonchev–Trinajstić information content (AvgIpc) is 3.34. The Kier molecular flexibility index (Phi) is 6.26. The Bertz CT molecular complexity index is 923. The number of rotatable bonds is 7. The fourth-order valence-corrected chi connectivity index (χ4v) is 5.96. The number of carboxylic acid groups (broad SMARTS) is 1. The maximum Gasteiger partial charge on any atom is 0.307 e. The Hall–Kier alpha value is -2.88. The normalized spacial score (nSPS) is 24.4. The SMILES string of the molecule is CC(C)=C1[C@H]2CC[C@H]1[C@@H](C(=O)NCCC(c1ccccc1)c1ccccc1)[C@H]2C(=O)O. The smallest absolute Gasteiger partial charge is 0.307 e. The molecule has 2 fully saturated rings. The summed E-state index contributed by atoms with van der Waals surface area (Å²) in [5.41, 5.74) is 4.84. The van der Waals surface area contributed by atoms with Crippen molar-refractivity contribution in [3.63, 3.8) is 0 Å². The van der Waals surface area contributed by atoms with Gasteiger partial charge >= 0.3 is 5.97 Å². The number of nitrogens with one attached hydrogen (secondary N) is 1. The zero-order valence-electron chi connectivity index (χ0n) is 18.3. The molecule has 0 saturated heterocycles. The zero-order chi connectivity index (χ0) is 22.0. The van der Waals surface area contributed by atoms with Gasteiger partial charge in [-0.1, -0.05) is 71.8 Å². The summed E-state index contributed by atoms with van der Waals surface area (Å²) < 4.78 is 0. The van der Waals surface area contributed by atoms with E-state index in [-0.39, 0.29) is 23.7 Å². The van der Waals surface area contributed by atoms with Crippen molar-refractivity contribution in [3.8, 4) is 0 Å². The molecule has 4 atom stereocenters. The first-order valence-corrected chi connectivity index (χ1v) is 11.3. The Balaban J connectivity index is 1.48. The van der Waals surface area contributed by atoms with Crippen LogP contribution in [-0.2, 0) is 9.59 Å². The fraction of sp³-hybridized carbons (Fsp3) is 0.407. The number of hydrogen-bond acceptors (Lipinski definition) is 2. The van der Waals surface area contributed by atoms with Gasteiger partial charge < -0.3 is 10.4 Å². The summed E-state index contributed by atoms with van der Waals surface area (Å²) in [4.78, 5) is 25.2. The second-order valence-corrected chi connectivity index (χ2v) is 9.09. The van der Waals surface area contributed by atoms with E-state index in [1.54, 1.807) is 0 Å². The number of carbonyl (C=O) groups excluding carboxylic acids is 1. The highest BCUT2D eigenvalue weighted by Gasteiger charge is 2.57. The quantitative estimate of drug-likeness (QED) is 0.622. The number of carboxylic acids is 1. The van der Waals surface area contributed by atoms with Crippen LogP contribution in [0.25, 0.3) is 0 Å². The fourth-order valence-electron chi connectivity index (χ4n) is 5.96. The molecule has 2 N–H and O–H groups in total. The van der Waals surface area contributed by atoms with Crippen molar-refractivity contribution in [2.24, 2.45) is 23.7 Å². The standard InChI is InChI=1S/C27H31NO3/c1-17(2)23-21-13-14-22(23)25(27(30)31)24(21)26(29)28-16-15-20(18-9-5-3-6-10-18)19-11-7-4-8-12-19/h3-12,20-22,24-25H,13-16H2,1-2H3,(H,28,29)(H,30,31)/t21-,22-,24-,25+/m1/s1. The van der Waals surface area contributed by atoms with E-state index < -0.39 is 17.8 Å². The van der Waals surface area contributed by atoms with Gasteiger partial charge in [0.25, 0.3) is 0 Å². The van der Waals surface area contributed by atoms with Gasteiger partial charge in [-0.15, -0.1) is 0 Å². The number of carbonyl (C=O) groups is 2. The molecule has 0 aliphatic heterocycles. The first-order chi connectivity index (χ1) is 15.0. The van der Waals surface area contributed by atoms with Crippen LogP contribution in [-0.4, -0.2) is 23.5 Å². The third-order valence-electron chi connectivity index (χ3n) is 7.14. The molecule has 4 nitrogen and oxygen atoms in total. The molecule has 4 heteroatoms. The summed E-state index contributed by atoms with van der Waals surface area (Å²) in [6, 6.07) is 20.7. The minimum absolute atomic E-state index is 0.0182. The molecule has 0 unspecified atom stereocenters. The predicted molar refractivity (Wildman–Crippen MR) is 122 cm³/mol. The molecular formula is C27H31NO3. The average molecular weight is 418 g/mol. The zero-order valence-corrected chi connectivity index (χ0v) is 18.3. The van der Waals surface area contributed by atoms with Gasteiger partial charge in [0.15, 0.2) is 0 Å². The van der Waals surface area contributed by atoms with E-state index >= 15 is 0 Å². The van der Waals surface area contributed by atoms with Gasteiger partial charge in [-0.05, 0) is 56.1 Å². The van der Waals surface area contributed by atoms with Crippen molar-refractivity contribution in [1.82, 2.24) is 5.32 Å². The molecular weight excluding hydrogens is 386 g/mol. The first-order valence-electron chi connectivity index (χ1n) is 11.3. The van der Waals surface area contributed by atoms with Crippen molar-refractivity contribution < 1.29 is 14.7 Å². The number of benzene rings is 2. The van der Waals surface area contributed by atoms with Crippen LogP contribution in [0.4, 0.5) is 0 Å². The molecule has 0 aromatic heterocycles. The Labute approximate surface area is 184 Å². The second kappa shape index (κ2) is 9.09. The van der Waals surface area contributed by atoms with Crippen LogP contribution < -0.4 is 5.32 Å². The van der Waals surface area contributed by atoms with Gasteiger partial charge in [0.1, 0.15) is 0 Å². The summed E-state index contributed by atoms with van der Waals surface area (Å²) in [5, 5.41) is 13.0. The molecule has 2 aliphatic rings. The molecule has 2 aromatic carbocycles. The Morgan fingerprint density at radius 1 is 0.903 bits per heavy atom. The van der Waals surface area contributed by atoms with Crippen LogP contribution in [0.2, 0.25) is 0 Å². The molecule has 2 aromatic rings. The van der Waals surface area contributed by atoms with Crippen molar-refractivity contribution in [2.75, 3.05) is 6.54 Å². The molecule has 4 rings (SSSR count). The third-order valence-corrected chi connectivity index (χ3v) is 7.14. The topological polar surface area (TPSA) is 66.4 Å². The lowest BCUT2D eigenvalue weighted by Gasteiger charge is -2.27. The van der Waals surface area contributed by atoms with Crippen molar-refractivity contribution in [2.45, 2.75) is 39.0 Å². The summed E-state index contributed by atoms with van der Waals surface area (Å²) in [6.45, 7) is 4.62. The van der Waals surface area contributed by atoms with Gasteiger partial charge in [-0.3, -0.25) is 9.59 Å². The van der Waals surface area contributed by atoms with E-state index in [0.717, 1.165) is 19.3 Å². The maximum atomic E-state index is 13.2. The first kappa shape index (κ1) is 21.4. The van der Waals surface area contributed by atoms with Crippen LogP contribution in [0, 0.1) is 23.7 Å². The van der Waals surface area contributed by atoms with E-state index in [4.69, 9.17) is 0 Å². The van der Waals surface area contributed by atoms with Crippen molar-refractivity contribution in [3.05, 3.63) is 82.9 Å². The lowest BCUT2D eigenvalue weighted by molar-refractivity contribution is -0.149. The lowest BCUT2D eigenvalue weighted by atomic mass is 9.78. The molecule has 1 amide bonds. The van der Waals surface area contributed by atoms with Crippen LogP contribution in [0.15, 0.2) is 71.8 Å². The Morgan fingerprint density at radius 2 is 1.42 bits per heavy atom. The van der Waals surface area contributed by atoms with Crippen LogP contribution in [0.1, 0.15) is 50.2 Å². The number of hydrogen-bond donors (Lipinski definition) is 2. The highest BCUT2D eigenvalue weighted by atomic mass is 16.4. The Morgan fingerprint density at radius 3 is 1.90 bits per heavy atom. The van der Waals surface area contributed by atoms with E-state index in [1.807, 2.05) is 50.2 Å². The largest absolute Gasteiger partial charge is 0.481 e. The summed E-state index contributed by atoms with van der Waals surface area (Å²) in [7, 11) is 0. The lowest BCUT2D eigenvalue weighted by Crippen LogP contribution is -2.41. The molecule has 0 radical (unpaired) electrons. The predicted octanol–water partition coefficient (Wildman–Crippen LogP) is 5.02. The van der Waals surface area contributed by atoms with Crippen molar-refractivity contribution in [1.29, 1.82) is 0 Å². The summed E-state index contributed by atoms with van der Waals surface area (Å²) in [6.07, 6.45) is 2.58. The van der Waals surface area contributed by atoms with Gasteiger partial charge in [-0.25, -0.2) is 0 Å². The van der Waals surface area contributed by atoms with Crippen LogP contribution in [0.5, 0.6) is 0 Å². The van der Waals surface area contributed by atoms with Gasteiger partial charge in [-0.2, -0.15) is 0 Å². The van der Waals surface area contributed by atoms with Gasteiger partial charge in [0.05, 0.1) is 11.8 Å². The molecule has 2 saturated carbocycles. The van der Waals surface area contributed by atoms with Crippen molar-refractivity contribution >= 4 is 11.9 Å². The molecule has 2 aliphatic carbocycles. The summed E-state index contributed by atoms with van der Waals surface area (Å²) >= 11 is 0. The highest BCUT2D eigenvalue weighted by molar-refractivity contribution is 5.87. The summed E-state index contributed by atoms with van der Waals surface area (Å²) in [5.74, 6) is -1.70. The highest BCUT2D eigenvalue weighted by Crippen LogP contribution is 2.57. The number of allylic oxidation sites excluding steroid dienone is 2. The maximum absolute atomic E-state index is 13.2. The minimum Gasteiger partial charge on any atom is -0.481 e. The van der Waals surface area contributed by atoms with Gasteiger partial charge in [0.2, 0.25) is 5.91 Å². The molecule has 0 heterocycles. The number of aliphatic carboxylic acids is 1.